The first-order chi connectivity index (χ1) is 16.6. The Bertz CT molecular complexity index is 1250. The largest absolute Gasteiger partial charge is 0.465 e. The van der Waals surface area contributed by atoms with Crippen LogP contribution in [0.25, 0.3) is 0 Å². The van der Waals surface area contributed by atoms with Crippen molar-refractivity contribution < 1.29 is 31.9 Å². The maximum Gasteiger partial charge on any atom is 0.436 e. The summed E-state index contributed by atoms with van der Waals surface area (Å²) in [5.41, 5.74) is -0.735. The summed E-state index contributed by atoms with van der Waals surface area (Å²) in [6, 6.07) is 11.4. The third-order valence-corrected chi connectivity index (χ3v) is 5.80. The van der Waals surface area contributed by atoms with Gasteiger partial charge in [0.05, 0.1) is 25.3 Å². The summed E-state index contributed by atoms with van der Waals surface area (Å²) in [4.78, 5) is 26.3. The van der Waals surface area contributed by atoms with E-state index < -0.39 is 41.2 Å². The molecule has 0 bridgehead atoms. The van der Waals surface area contributed by atoms with Crippen LogP contribution in [0.4, 0.5) is 23.4 Å². The summed E-state index contributed by atoms with van der Waals surface area (Å²) < 4.78 is 61.4. The molecule has 184 valence electrons. The quantitative estimate of drug-likeness (QED) is 0.411. The van der Waals surface area contributed by atoms with E-state index in [-0.39, 0.29) is 25.5 Å². The number of hydrogen-bond donors (Lipinski definition) is 1. The van der Waals surface area contributed by atoms with E-state index in [4.69, 9.17) is 0 Å². The Balaban J connectivity index is 1.64. The number of carbonyl (C=O) groups is 2. The van der Waals surface area contributed by atoms with Crippen molar-refractivity contribution in [1.29, 1.82) is 0 Å². The molecule has 4 rings (SSSR count). The molecule has 11 heteroatoms. The van der Waals surface area contributed by atoms with Crippen molar-refractivity contribution in [1.82, 2.24) is 15.1 Å². The zero-order chi connectivity index (χ0) is 25.3. The van der Waals surface area contributed by atoms with E-state index >= 15 is 0 Å². The summed E-state index contributed by atoms with van der Waals surface area (Å²) >= 11 is 0. The number of benzene rings is 2. The van der Waals surface area contributed by atoms with Crippen molar-refractivity contribution in [3.63, 3.8) is 0 Å². The van der Waals surface area contributed by atoms with E-state index in [1.807, 2.05) is 0 Å². The van der Waals surface area contributed by atoms with Crippen LogP contribution in [0.1, 0.15) is 50.5 Å². The SMILES string of the molecule is COC(=O)c1ccc([C@H](C)NC(=O)c2c(C(F)(F)F)nn3c2N(Cc2ccccc2F)CC3)cc1. The van der Waals surface area contributed by atoms with Gasteiger partial charge in [0, 0.05) is 18.7 Å². The number of nitrogens with one attached hydrogen (secondary N) is 1. The van der Waals surface area contributed by atoms with Gasteiger partial charge in [-0.2, -0.15) is 18.3 Å². The molecule has 2 aromatic carbocycles. The first-order valence-electron chi connectivity index (χ1n) is 10.8. The molecule has 0 unspecified atom stereocenters. The lowest BCUT2D eigenvalue weighted by molar-refractivity contribution is -0.141. The number of hydrogen-bond acceptors (Lipinski definition) is 5. The number of alkyl halides is 3. The fourth-order valence-corrected chi connectivity index (χ4v) is 4.02. The van der Waals surface area contributed by atoms with Gasteiger partial charge in [0.25, 0.3) is 5.91 Å². The van der Waals surface area contributed by atoms with E-state index in [1.165, 1.54) is 36.3 Å². The lowest BCUT2D eigenvalue weighted by Crippen LogP contribution is -2.31. The normalized spacial score (nSPS) is 13.9. The van der Waals surface area contributed by atoms with Gasteiger partial charge >= 0.3 is 12.1 Å². The van der Waals surface area contributed by atoms with Crippen LogP contribution >= 0.6 is 0 Å². The molecule has 35 heavy (non-hydrogen) atoms. The molecule has 1 amide bonds. The zero-order valence-electron chi connectivity index (χ0n) is 18.9. The Labute approximate surface area is 198 Å². The number of aromatic nitrogens is 2. The number of methoxy groups -OCH3 is 1. The molecule has 0 saturated heterocycles. The molecule has 0 saturated carbocycles. The number of rotatable bonds is 6. The van der Waals surface area contributed by atoms with Gasteiger partial charge in [-0.25, -0.2) is 13.9 Å². The van der Waals surface area contributed by atoms with Crippen molar-refractivity contribution in [3.05, 3.63) is 82.3 Å². The summed E-state index contributed by atoms with van der Waals surface area (Å²) in [7, 11) is 1.25. The number of anilines is 1. The van der Waals surface area contributed by atoms with Gasteiger partial charge in [0.2, 0.25) is 0 Å². The first-order valence-corrected chi connectivity index (χ1v) is 10.8. The molecule has 7 nitrogen and oxygen atoms in total. The maximum atomic E-state index is 14.2. The third-order valence-electron chi connectivity index (χ3n) is 5.80. The van der Waals surface area contributed by atoms with E-state index in [0.29, 0.717) is 16.7 Å². The molecule has 1 N–H and O–H groups in total. The van der Waals surface area contributed by atoms with Crippen LogP contribution in [0.3, 0.4) is 0 Å². The molecule has 0 aliphatic carbocycles. The molecule has 1 atom stereocenters. The molecule has 1 aliphatic rings. The predicted molar refractivity (Wildman–Crippen MR) is 118 cm³/mol. The third kappa shape index (κ3) is 4.84. The Morgan fingerprint density at radius 1 is 1.11 bits per heavy atom. The Hall–Kier alpha value is -3.89. The van der Waals surface area contributed by atoms with Gasteiger partial charge in [-0.15, -0.1) is 0 Å². The Kier molecular flexibility index (Phi) is 6.51. The molecule has 1 aliphatic heterocycles. The number of carbonyl (C=O) groups excluding carboxylic acids is 2. The Morgan fingerprint density at radius 2 is 1.80 bits per heavy atom. The summed E-state index contributed by atoms with van der Waals surface area (Å²) in [6.07, 6.45) is -4.86. The smallest absolute Gasteiger partial charge is 0.436 e. The Morgan fingerprint density at radius 3 is 2.43 bits per heavy atom. The van der Waals surface area contributed by atoms with Crippen molar-refractivity contribution in [2.75, 3.05) is 18.6 Å². The van der Waals surface area contributed by atoms with Crippen molar-refractivity contribution in [2.24, 2.45) is 0 Å². The van der Waals surface area contributed by atoms with Gasteiger partial charge in [-0.3, -0.25) is 4.79 Å². The minimum absolute atomic E-state index is 0.00804. The van der Waals surface area contributed by atoms with E-state index in [1.54, 1.807) is 31.2 Å². The van der Waals surface area contributed by atoms with Crippen molar-refractivity contribution in [2.45, 2.75) is 32.2 Å². The van der Waals surface area contributed by atoms with Gasteiger partial charge in [0.1, 0.15) is 17.2 Å². The van der Waals surface area contributed by atoms with Gasteiger partial charge in [-0.1, -0.05) is 30.3 Å². The minimum Gasteiger partial charge on any atom is -0.465 e. The standard InChI is InChI=1S/C24H22F4N4O3/c1-14(15-7-9-16(10-8-15)23(34)35-2)29-21(33)19-20(24(26,27)28)30-32-12-11-31(22(19)32)13-17-5-3-4-6-18(17)25/h3-10,14H,11-13H2,1-2H3,(H,29,33)/t14-/m0/s1. The molecule has 0 fully saturated rings. The summed E-state index contributed by atoms with van der Waals surface area (Å²) in [5, 5.41) is 6.25. The average molecular weight is 490 g/mol. The van der Waals surface area contributed by atoms with Crippen LogP contribution in [-0.2, 0) is 24.0 Å². The number of fused-ring (bicyclic) bond motifs is 1. The van der Waals surface area contributed by atoms with Crippen LogP contribution in [0.2, 0.25) is 0 Å². The number of halogens is 4. The number of nitrogens with zero attached hydrogens (tertiary/aromatic N) is 3. The summed E-state index contributed by atoms with van der Waals surface area (Å²) in [5.74, 6) is -1.99. The number of ether oxygens (including phenoxy) is 1. The molecule has 3 aromatic rings. The minimum atomic E-state index is -4.86. The maximum absolute atomic E-state index is 14.2. The monoisotopic (exact) mass is 490 g/mol. The van der Waals surface area contributed by atoms with Gasteiger partial charge in [-0.05, 0) is 30.7 Å². The van der Waals surface area contributed by atoms with Crippen LogP contribution in [-0.4, -0.2) is 35.3 Å². The van der Waals surface area contributed by atoms with E-state index in [9.17, 15) is 27.2 Å². The predicted octanol–water partition coefficient (Wildman–Crippen LogP) is 4.34. The average Bonchev–Trinajstić information content (AvgIpc) is 3.40. The first kappa shape index (κ1) is 24.2. The van der Waals surface area contributed by atoms with E-state index in [0.717, 1.165) is 4.68 Å². The van der Waals surface area contributed by atoms with Gasteiger partial charge < -0.3 is 15.0 Å². The fraction of sp³-hybridized carbons (Fsp3) is 0.292. The molecule has 0 spiro atoms. The summed E-state index contributed by atoms with van der Waals surface area (Å²) in [6.45, 7) is 2.00. The number of amides is 1. The highest BCUT2D eigenvalue weighted by Crippen LogP contribution is 2.39. The zero-order valence-corrected chi connectivity index (χ0v) is 18.9. The van der Waals surface area contributed by atoms with E-state index in [2.05, 4.69) is 15.2 Å². The molecule has 0 radical (unpaired) electrons. The lowest BCUT2D eigenvalue weighted by Gasteiger charge is -2.21. The van der Waals surface area contributed by atoms with Crippen LogP contribution in [0, 0.1) is 5.82 Å². The second-order valence-electron chi connectivity index (χ2n) is 8.09. The second kappa shape index (κ2) is 9.40. The molecular weight excluding hydrogens is 468 g/mol. The van der Waals surface area contributed by atoms with Crippen LogP contribution < -0.4 is 10.2 Å². The molecule has 2 heterocycles. The van der Waals surface area contributed by atoms with Crippen LogP contribution in [0.5, 0.6) is 0 Å². The number of esters is 1. The molecule has 1 aromatic heterocycles. The van der Waals surface area contributed by atoms with Crippen molar-refractivity contribution >= 4 is 17.7 Å². The topological polar surface area (TPSA) is 76.5 Å². The lowest BCUT2D eigenvalue weighted by atomic mass is 10.1. The van der Waals surface area contributed by atoms with Gasteiger partial charge in [0.15, 0.2) is 5.69 Å². The highest BCUT2D eigenvalue weighted by atomic mass is 19.4. The second-order valence-corrected chi connectivity index (χ2v) is 8.09. The van der Waals surface area contributed by atoms with Crippen molar-refractivity contribution in [3.8, 4) is 0 Å². The molecular formula is C24H22F4N4O3. The van der Waals surface area contributed by atoms with Crippen LogP contribution in [0.15, 0.2) is 48.5 Å². The highest BCUT2D eigenvalue weighted by molar-refractivity contribution is 6.01. The fourth-order valence-electron chi connectivity index (χ4n) is 4.02. The highest BCUT2D eigenvalue weighted by Gasteiger charge is 2.44.